The van der Waals surface area contributed by atoms with Crippen molar-refractivity contribution in [3.8, 4) is 0 Å². The molecular weight excluding hydrogens is 340 g/mol. The fourth-order valence-electron chi connectivity index (χ4n) is 3.78. The standard InChI is InChI=1S/C21H28N4O2/c1-3-25-16(2)9-10-18(21(25)27)20(26)23-15-19(17-8-7-11-22-14-17)24-12-5-4-6-13-24/h7-11,14,19H,3-6,12-13,15H2,1-2H3,(H,23,26). The molecule has 6 nitrogen and oxygen atoms in total. The van der Waals surface area contributed by atoms with Gasteiger partial charge in [0, 0.05) is 31.2 Å². The molecular formula is C21H28N4O2. The SMILES string of the molecule is CCn1c(C)ccc(C(=O)NCC(c2cccnc2)N2CCCCC2)c1=O. The minimum atomic E-state index is -0.312. The van der Waals surface area contributed by atoms with E-state index in [2.05, 4.69) is 15.2 Å². The molecule has 0 radical (unpaired) electrons. The van der Waals surface area contributed by atoms with Gasteiger partial charge in [0.15, 0.2) is 0 Å². The molecule has 6 heteroatoms. The lowest BCUT2D eigenvalue weighted by Crippen LogP contribution is -2.42. The van der Waals surface area contributed by atoms with Gasteiger partial charge in [-0.15, -0.1) is 0 Å². The Morgan fingerprint density at radius 3 is 2.67 bits per heavy atom. The molecule has 0 spiro atoms. The van der Waals surface area contributed by atoms with Crippen LogP contribution >= 0.6 is 0 Å². The zero-order valence-corrected chi connectivity index (χ0v) is 16.1. The average molecular weight is 368 g/mol. The summed E-state index contributed by atoms with van der Waals surface area (Å²) in [4.78, 5) is 31.9. The predicted octanol–water partition coefficient (Wildman–Crippen LogP) is 2.53. The van der Waals surface area contributed by atoms with Crippen LogP contribution in [0.1, 0.15) is 53.8 Å². The van der Waals surface area contributed by atoms with E-state index in [1.54, 1.807) is 16.8 Å². The number of hydrogen-bond donors (Lipinski definition) is 1. The van der Waals surface area contributed by atoms with E-state index in [9.17, 15) is 9.59 Å². The third-order valence-electron chi connectivity index (χ3n) is 5.31. The number of carbonyl (C=O) groups is 1. The van der Waals surface area contributed by atoms with E-state index in [1.807, 2.05) is 38.2 Å². The molecule has 3 rings (SSSR count). The number of likely N-dealkylation sites (tertiary alicyclic amines) is 1. The van der Waals surface area contributed by atoms with Gasteiger partial charge in [-0.05, 0) is 63.5 Å². The van der Waals surface area contributed by atoms with Crippen molar-refractivity contribution in [1.82, 2.24) is 19.8 Å². The van der Waals surface area contributed by atoms with Crippen LogP contribution in [0.3, 0.4) is 0 Å². The van der Waals surface area contributed by atoms with Gasteiger partial charge < -0.3 is 9.88 Å². The van der Waals surface area contributed by atoms with Crippen molar-refractivity contribution in [3.05, 3.63) is 63.8 Å². The minimum Gasteiger partial charge on any atom is -0.350 e. The van der Waals surface area contributed by atoms with Crippen LogP contribution in [0.15, 0.2) is 41.5 Å². The molecule has 3 heterocycles. The molecule has 1 unspecified atom stereocenters. The van der Waals surface area contributed by atoms with Gasteiger partial charge in [0.05, 0.1) is 6.04 Å². The van der Waals surface area contributed by atoms with Gasteiger partial charge in [0.25, 0.3) is 11.5 Å². The van der Waals surface area contributed by atoms with Crippen molar-refractivity contribution in [3.63, 3.8) is 0 Å². The van der Waals surface area contributed by atoms with Crippen LogP contribution in [0.5, 0.6) is 0 Å². The summed E-state index contributed by atoms with van der Waals surface area (Å²) < 4.78 is 1.62. The number of nitrogens with zero attached hydrogens (tertiary/aromatic N) is 3. The zero-order chi connectivity index (χ0) is 19.2. The zero-order valence-electron chi connectivity index (χ0n) is 16.1. The number of amides is 1. The third kappa shape index (κ3) is 4.45. The summed E-state index contributed by atoms with van der Waals surface area (Å²) in [6.45, 7) is 6.83. The summed E-state index contributed by atoms with van der Waals surface area (Å²) in [5.74, 6) is -0.312. The van der Waals surface area contributed by atoms with Crippen molar-refractivity contribution in [2.45, 2.75) is 45.7 Å². The first-order chi connectivity index (χ1) is 13.1. The molecule has 1 saturated heterocycles. The number of nitrogens with one attached hydrogen (secondary N) is 1. The highest BCUT2D eigenvalue weighted by atomic mass is 16.2. The van der Waals surface area contributed by atoms with E-state index in [0.717, 1.165) is 24.3 Å². The van der Waals surface area contributed by atoms with Crippen molar-refractivity contribution < 1.29 is 4.79 Å². The summed E-state index contributed by atoms with van der Waals surface area (Å²) in [6, 6.07) is 7.49. The van der Waals surface area contributed by atoms with Crippen molar-refractivity contribution in [2.75, 3.05) is 19.6 Å². The molecule has 1 aliphatic heterocycles. The highest BCUT2D eigenvalue weighted by Crippen LogP contribution is 2.23. The molecule has 1 amide bonds. The Balaban J connectivity index is 1.77. The molecule has 1 N–H and O–H groups in total. The van der Waals surface area contributed by atoms with Crippen LogP contribution in [0.25, 0.3) is 0 Å². The first-order valence-corrected chi connectivity index (χ1v) is 9.74. The van der Waals surface area contributed by atoms with Gasteiger partial charge in [-0.25, -0.2) is 0 Å². The number of aryl methyl sites for hydroxylation is 1. The Morgan fingerprint density at radius 1 is 1.22 bits per heavy atom. The Bertz CT molecular complexity index is 826. The Labute approximate surface area is 160 Å². The van der Waals surface area contributed by atoms with Crippen LogP contribution in [0.4, 0.5) is 0 Å². The maximum atomic E-state index is 12.7. The predicted molar refractivity (Wildman–Crippen MR) is 106 cm³/mol. The molecule has 0 aliphatic carbocycles. The highest BCUT2D eigenvalue weighted by Gasteiger charge is 2.24. The number of aromatic nitrogens is 2. The molecule has 1 atom stereocenters. The van der Waals surface area contributed by atoms with Gasteiger partial charge in [-0.3, -0.25) is 19.5 Å². The number of piperidine rings is 1. The van der Waals surface area contributed by atoms with Gasteiger partial charge in [0.1, 0.15) is 5.56 Å². The van der Waals surface area contributed by atoms with Crippen LogP contribution in [-0.4, -0.2) is 40.0 Å². The average Bonchev–Trinajstić information content (AvgIpc) is 2.70. The van der Waals surface area contributed by atoms with Crippen LogP contribution in [-0.2, 0) is 6.54 Å². The first-order valence-electron chi connectivity index (χ1n) is 9.74. The minimum absolute atomic E-state index is 0.0711. The Kier molecular flexibility index (Phi) is 6.40. The monoisotopic (exact) mass is 368 g/mol. The summed E-state index contributed by atoms with van der Waals surface area (Å²) >= 11 is 0. The maximum absolute atomic E-state index is 12.7. The van der Waals surface area contributed by atoms with E-state index >= 15 is 0 Å². The molecule has 144 valence electrons. The Morgan fingerprint density at radius 2 is 2.00 bits per heavy atom. The largest absolute Gasteiger partial charge is 0.350 e. The normalized spacial score (nSPS) is 16.1. The second-order valence-electron chi connectivity index (χ2n) is 7.05. The Hall–Kier alpha value is -2.47. The summed E-state index contributed by atoms with van der Waals surface area (Å²) in [5.41, 5.74) is 1.92. The molecule has 2 aromatic heterocycles. The number of pyridine rings is 2. The van der Waals surface area contributed by atoms with E-state index in [4.69, 9.17) is 0 Å². The lowest BCUT2D eigenvalue weighted by atomic mass is 10.0. The van der Waals surface area contributed by atoms with E-state index in [0.29, 0.717) is 13.1 Å². The first kappa shape index (κ1) is 19.3. The molecule has 1 aliphatic rings. The number of hydrogen-bond acceptors (Lipinski definition) is 4. The summed E-state index contributed by atoms with van der Waals surface area (Å²) in [5, 5.41) is 2.98. The summed E-state index contributed by atoms with van der Waals surface area (Å²) in [6.07, 6.45) is 7.21. The molecule has 2 aromatic rings. The summed E-state index contributed by atoms with van der Waals surface area (Å²) in [7, 11) is 0. The molecule has 0 aromatic carbocycles. The van der Waals surface area contributed by atoms with E-state index in [1.165, 1.54) is 19.3 Å². The second kappa shape index (κ2) is 8.95. The van der Waals surface area contributed by atoms with Gasteiger partial charge in [-0.1, -0.05) is 12.5 Å². The lowest BCUT2D eigenvalue weighted by molar-refractivity contribution is 0.0922. The number of rotatable bonds is 6. The van der Waals surface area contributed by atoms with Crippen molar-refractivity contribution in [1.29, 1.82) is 0 Å². The maximum Gasteiger partial charge on any atom is 0.263 e. The molecule has 1 fully saturated rings. The number of carbonyl (C=O) groups excluding carboxylic acids is 1. The quantitative estimate of drug-likeness (QED) is 0.851. The highest BCUT2D eigenvalue weighted by molar-refractivity contribution is 5.93. The van der Waals surface area contributed by atoms with Crippen LogP contribution in [0.2, 0.25) is 0 Å². The van der Waals surface area contributed by atoms with Gasteiger partial charge in [0.2, 0.25) is 0 Å². The van der Waals surface area contributed by atoms with Gasteiger partial charge >= 0.3 is 0 Å². The smallest absolute Gasteiger partial charge is 0.263 e. The van der Waals surface area contributed by atoms with Crippen LogP contribution < -0.4 is 10.9 Å². The van der Waals surface area contributed by atoms with Gasteiger partial charge in [-0.2, -0.15) is 0 Å². The van der Waals surface area contributed by atoms with Crippen LogP contribution in [0, 0.1) is 6.92 Å². The second-order valence-corrected chi connectivity index (χ2v) is 7.05. The molecule has 0 bridgehead atoms. The lowest BCUT2D eigenvalue weighted by Gasteiger charge is -2.34. The topological polar surface area (TPSA) is 67.2 Å². The molecule has 0 saturated carbocycles. The van der Waals surface area contributed by atoms with E-state index < -0.39 is 0 Å². The fraction of sp³-hybridized carbons (Fsp3) is 0.476. The van der Waals surface area contributed by atoms with E-state index in [-0.39, 0.29) is 23.1 Å². The van der Waals surface area contributed by atoms with Crippen molar-refractivity contribution >= 4 is 5.91 Å². The molecule has 27 heavy (non-hydrogen) atoms. The third-order valence-corrected chi connectivity index (χ3v) is 5.31. The van der Waals surface area contributed by atoms with Crippen molar-refractivity contribution in [2.24, 2.45) is 0 Å². The fourth-order valence-corrected chi connectivity index (χ4v) is 3.78.